The van der Waals surface area contributed by atoms with Crippen LogP contribution in [0.2, 0.25) is 0 Å². The molecule has 2 aromatic carbocycles. The molecule has 228 valence electrons. The maximum Gasteiger partial charge on any atom is 0.337 e. The van der Waals surface area contributed by atoms with Crippen LogP contribution in [0.5, 0.6) is 0 Å². The summed E-state index contributed by atoms with van der Waals surface area (Å²) >= 11 is 2.86. The largest absolute Gasteiger partial charge is 0.465 e. The van der Waals surface area contributed by atoms with Crippen molar-refractivity contribution in [2.45, 2.75) is 36.5 Å². The molecule has 0 fully saturated rings. The molecule has 12 nitrogen and oxygen atoms in total. The van der Waals surface area contributed by atoms with Crippen molar-refractivity contribution >= 4 is 88.1 Å². The van der Waals surface area contributed by atoms with Crippen molar-refractivity contribution in [3.63, 3.8) is 0 Å². The third-order valence-corrected chi connectivity index (χ3v) is 10.9. The second kappa shape index (κ2) is 11.9. The minimum absolute atomic E-state index is 0.107. The van der Waals surface area contributed by atoms with Gasteiger partial charge in [0, 0.05) is 41.8 Å². The van der Waals surface area contributed by atoms with Crippen LogP contribution in [-0.2, 0) is 36.2 Å². The van der Waals surface area contributed by atoms with E-state index in [1.54, 1.807) is 24.5 Å². The van der Waals surface area contributed by atoms with E-state index in [1.807, 2.05) is 38.5 Å². The number of methoxy groups -OCH3 is 1. The number of esters is 1. The fraction of sp³-hybridized carbons (Fsp3) is 0.296. The molecule has 16 heteroatoms. The van der Waals surface area contributed by atoms with Crippen molar-refractivity contribution in [2.24, 2.45) is 0 Å². The number of thiazole rings is 1. The minimum Gasteiger partial charge on any atom is -0.465 e. The Balaban J connectivity index is 1.58. The molecule has 3 heterocycles. The Morgan fingerprint density at radius 2 is 1.95 bits per heavy atom. The van der Waals surface area contributed by atoms with Gasteiger partial charge in [0.05, 0.1) is 47.2 Å². The number of hydrogen-bond donors (Lipinski definition) is 2. The molecule has 43 heavy (non-hydrogen) atoms. The highest BCUT2D eigenvalue weighted by molar-refractivity contribution is 8.04. The molecule has 0 spiro atoms. The van der Waals surface area contributed by atoms with Crippen LogP contribution in [0.15, 0.2) is 57.0 Å². The van der Waals surface area contributed by atoms with E-state index in [0.717, 1.165) is 31.8 Å². The maximum atomic E-state index is 12.4. The topological polar surface area (TPSA) is 164 Å². The summed E-state index contributed by atoms with van der Waals surface area (Å²) in [5, 5.41) is 1.35. The number of nitrogens with one attached hydrogen (secondary N) is 1. The number of aryl methyl sites for hydroxylation is 1. The fourth-order valence-corrected chi connectivity index (χ4v) is 7.85. The Morgan fingerprint density at radius 3 is 2.65 bits per heavy atom. The van der Waals surface area contributed by atoms with Gasteiger partial charge in [-0.15, -0.1) is 0 Å². The monoisotopic (exact) mass is 666 g/mol. The highest BCUT2D eigenvalue weighted by Gasteiger charge is 2.30. The number of amides is 1. The van der Waals surface area contributed by atoms with E-state index in [9.17, 15) is 31.0 Å². The number of fused-ring (bicyclic) bond motifs is 3. The standard InChI is InChI=1S/C27H27N3O9S4/c1-16(43(35,36)37)6-9-29-20-12-17-8-11-39-21(17)14-23(20)41-26(29)15-25-30(10-7-24(31)28-42(3,33)34)19-13-18(27(32)38-2)4-5-22(19)40-25/h4-5,8,11-16H,6-7,9-10H2,1-3H3,(H-,28,31,35,36,37)/p+1. The van der Waals surface area contributed by atoms with Gasteiger partial charge in [-0.05, 0) is 31.2 Å². The number of ether oxygens (including phenoxy) is 1. The predicted octanol–water partition coefficient (Wildman–Crippen LogP) is 3.76. The van der Waals surface area contributed by atoms with Crippen molar-refractivity contribution < 1.29 is 44.7 Å². The lowest BCUT2D eigenvalue weighted by molar-refractivity contribution is -0.669. The van der Waals surface area contributed by atoms with E-state index in [4.69, 9.17) is 9.15 Å². The molecule has 5 rings (SSSR count). The number of benzene rings is 2. The van der Waals surface area contributed by atoms with Crippen molar-refractivity contribution in [3.8, 4) is 0 Å². The second-order valence-electron chi connectivity index (χ2n) is 9.94. The summed E-state index contributed by atoms with van der Waals surface area (Å²) in [5.41, 5.74) is 2.51. The second-order valence-corrected chi connectivity index (χ2v) is 15.6. The van der Waals surface area contributed by atoms with Crippen molar-refractivity contribution in [1.82, 2.24) is 4.72 Å². The molecule has 0 saturated heterocycles. The number of carbonyl (C=O) groups excluding carboxylic acids is 2. The van der Waals surface area contributed by atoms with Gasteiger partial charge in [-0.2, -0.15) is 13.0 Å². The molecule has 2 N–H and O–H groups in total. The number of thioether (sulfide) groups is 1. The highest BCUT2D eigenvalue weighted by atomic mass is 32.2. The number of furan rings is 1. The normalized spacial score (nSPS) is 15.3. The SMILES string of the molecule is COC(=O)c1ccc2c(c1)N(CCC(=O)NS(C)(=O)=O)C(=Cc1sc3cc4occc4cc3[n+]1CCC(C)S(=O)(=O)O)S2. The van der Waals surface area contributed by atoms with E-state index >= 15 is 0 Å². The third-order valence-electron chi connectivity index (χ3n) is 6.83. The Morgan fingerprint density at radius 1 is 1.19 bits per heavy atom. The predicted molar refractivity (Wildman–Crippen MR) is 164 cm³/mol. The van der Waals surface area contributed by atoms with Crippen LogP contribution in [0.3, 0.4) is 0 Å². The zero-order valence-electron chi connectivity index (χ0n) is 23.3. The molecular weight excluding hydrogens is 639 g/mol. The van der Waals surface area contributed by atoms with Gasteiger partial charge in [0.25, 0.3) is 15.1 Å². The molecule has 0 bridgehead atoms. The van der Waals surface area contributed by atoms with Crippen LogP contribution in [0.25, 0.3) is 27.3 Å². The smallest absolute Gasteiger partial charge is 0.337 e. The van der Waals surface area contributed by atoms with Crippen molar-refractivity contribution in [3.05, 3.63) is 58.3 Å². The van der Waals surface area contributed by atoms with Crippen molar-refractivity contribution in [1.29, 1.82) is 0 Å². The summed E-state index contributed by atoms with van der Waals surface area (Å²) < 4.78 is 71.5. The van der Waals surface area contributed by atoms with E-state index in [0.29, 0.717) is 21.9 Å². The first kappa shape index (κ1) is 31.0. The summed E-state index contributed by atoms with van der Waals surface area (Å²) in [7, 11) is -6.69. The Kier molecular flexibility index (Phi) is 8.59. The lowest BCUT2D eigenvalue weighted by Gasteiger charge is -2.20. The first-order chi connectivity index (χ1) is 20.2. The number of aromatic nitrogens is 1. The van der Waals surface area contributed by atoms with Crippen LogP contribution < -0.4 is 14.2 Å². The first-order valence-electron chi connectivity index (χ1n) is 12.9. The van der Waals surface area contributed by atoms with Crippen molar-refractivity contribution in [2.75, 3.05) is 24.8 Å². The van der Waals surface area contributed by atoms with Gasteiger partial charge < -0.3 is 14.1 Å². The third kappa shape index (κ3) is 6.88. The molecule has 1 atom stereocenters. The van der Waals surface area contributed by atoms with E-state index in [2.05, 4.69) is 0 Å². The highest BCUT2D eigenvalue weighted by Crippen LogP contribution is 2.47. The maximum absolute atomic E-state index is 12.4. The molecular formula is C27H28N3O9S4+. The summed E-state index contributed by atoms with van der Waals surface area (Å²) in [6.07, 6.45) is 4.40. The summed E-state index contributed by atoms with van der Waals surface area (Å²) in [6, 6.07) is 10.8. The fourth-order valence-electron chi connectivity index (χ4n) is 4.62. The number of rotatable bonds is 10. The zero-order valence-corrected chi connectivity index (χ0v) is 26.5. The number of anilines is 1. The lowest BCUT2D eigenvalue weighted by Crippen LogP contribution is -2.38. The number of nitrogens with zero attached hydrogens (tertiary/aromatic N) is 2. The van der Waals surface area contributed by atoms with Gasteiger partial charge in [-0.1, -0.05) is 23.1 Å². The Hall–Kier alpha value is -3.44. The van der Waals surface area contributed by atoms with Gasteiger partial charge in [-0.3, -0.25) is 14.1 Å². The number of hydrogen-bond acceptors (Lipinski definition) is 11. The zero-order chi connectivity index (χ0) is 31.1. The summed E-state index contributed by atoms with van der Waals surface area (Å²) in [6.45, 7) is 1.84. The Labute approximate surface area is 256 Å². The summed E-state index contributed by atoms with van der Waals surface area (Å²) in [5.74, 6) is -1.21. The minimum atomic E-state index is -4.23. The summed E-state index contributed by atoms with van der Waals surface area (Å²) in [4.78, 5) is 27.3. The van der Waals surface area contributed by atoms with Crippen LogP contribution in [0, 0.1) is 0 Å². The molecule has 2 aromatic heterocycles. The van der Waals surface area contributed by atoms with E-state index in [-0.39, 0.29) is 25.9 Å². The molecule has 4 aromatic rings. The molecule has 0 radical (unpaired) electrons. The van der Waals surface area contributed by atoms with Crippen LogP contribution in [0.4, 0.5) is 5.69 Å². The number of carbonyl (C=O) groups is 2. The quantitative estimate of drug-likeness (QED) is 0.144. The van der Waals surface area contributed by atoms with Gasteiger partial charge in [0.2, 0.25) is 21.4 Å². The first-order valence-corrected chi connectivity index (χ1v) is 18.0. The molecule has 1 unspecified atom stereocenters. The molecule has 0 saturated carbocycles. The van der Waals surface area contributed by atoms with Crippen LogP contribution >= 0.6 is 23.1 Å². The van der Waals surface area contributed by atoms with E-state index in [1.165, 1.54) is 37.1 Å². The lowest BCUT2D eigenvalue weighted by atomic mass is 10.2. The molecule has 1 aliphatic heterocycles. The Bertz CT molecular complexity index is 2000. The van der Waals surface area contributed by atoms with Crippen LogP contribution in [-0.4, -0.2) is 58.4 Å². The van der Waals surface area contributed by atoms with Crippen LogP contribution in [0.1, 0.15) is 35.1 Å². The number of sulfonamides is 1. The van der Waals surface area contributed by atoms with E-state index < -0.39 is 37.3 Å². The van der Waals surface area contributed by atoms with Gasteiger partial charge in [-0.25, -0.2) is 13.2 Å². The van der Waals surface area contributed by atoms with Gasteiger partial charge in [0.15, 0.2) is 6.54 Å². The van der Waals surface area contributed by atoms with Gasteiger partial charge in [0.1, 0.15) is 10.3 Å². The molecule has 1 amide bonds. The van der Waals surface area contributed by atoms with Gasteiger partial charge >= 0.3 is 5.97 Å². The molecule has 1 aliphatic rings. The molecule has 0 aliphatic carbocycles. The average molecular weight is 667 g/mol. The average Bonchev–Trinajstić information content (AvgIpc) is 3.61.